The topological polar surface area (TPSA) is 152 Å². The molecule has 0 radical (unpaired) electrons. The number of hydrogen-bond donors (Lipinski definition) is 2. The van der Waals surface area contributed by atoms with Crippen LogP contribution in [0, 0.1) is 0 Å². The number of rotatable bonds is 16. The van der Waals surface area contributed by atoms with Crippen molar-refractivity contribution in [3.63, 3.8) is 0 Å². The van der Waals surface area contributed by atoms with Gasteiger partial charge in [-0.2, -0.15) is 22.6 Å². The highest BCUT2D eigenvalue weighted by Crippen LogP contribution is 2.25. The second kappa shape index (κ2) is 24.2. The van der Waals surface area contributed by atoms with Crippen LogP contribution in [0.4, 0.5) is 33.7 Å². The first kappa shape index (κ1) is 44.2. The zero-order chi connectivity index (χ0) is 41.5. The van der Waals surface area contributed by atoms with E-state index in [9.17, 15) is 27.2 Å². The largest absolute Gasteiger partial charge is 0.415 e. The molecule has 0 aliphatic heterocycles. The molecule has 16 heteroatoms. The molecular formula is C42H44F4N8O4. The molecule has 12 nitrogen and oxygen atoms in total. The highest BCUT2D eigenvalue weighted by atomic mass is 19.3. The summed E-state index contributed by atoms with van der Waals surface area (Å²) in [4.78, 5) is 27.5. The van der Waals surface area contributed by atoms with Crippen molar-refractivity contribution in [2.45, 2.75) is 65.5 Å². The van der Waals surface area contributed by atoms with Crippen LogP contribution in [0.3, 0.4) is 0 Å². The van der Waals surface area contributed by atoms with E-state index in [1.165, 1.54) is 6.08 Å². The van der Waals surface area contributed by atoms with Gasteiger partial charge >= 0.3 is 18.9 Å². The molecule has 58 heavy (non-hydrogen) atoms. The van der Waals surface area contributed by atoms with E-state index in [1.807, 2.05) is 72.8 Å². The van der Waals surface area contributed by atoms with Crippen LogP contribution in [-0.2, 0) is 17.9 Å². The number of aliphatic imine (C=N–C) groups is 1. The Kier molecular flexibility index (Phi) is 18.4. The van der Waals surface area contributed by atoms with Gasteiger partial charge in [-0.3, -0.25) is 0 Å². The smallest absolute Gasteiger partial charge is 0.322 e. The maximum absolute atomic E-state index is 12.7. The molecular weight excluding hydrogens is 757 g/mol. The van der Waals surface area contributed by atoms with Gasteiger partial charge < -0.3 is 24.4 Å². The van der Waals surface area contributed by atoms with Gasteiger partial charge in [0.2, 0.25) is 17.9 Å². The molecule has 0 aliphatic carbocycles. The second-order valence-electron chi connectivity index (χ2n) is 12.5. The maximum atomic E-state index is 12.7. The number of isocyanates is 1. The summed E-state index contributed by atoms with van der Waals surface area (Å²) in [6, 6.07) is 32.6. The lowest BCUT2D eigenvalue weighted by Crippen LogP contribution is -2.35. The van der Waals surface area contributed by atoms with Gasteiger partial charge in [-0.15, -0.1) is 20.4 Å². The zero-order valence-corrected chi connectivity index (χ0v) is 32.0. The van der Waals surface area contributed by atoms with Gasteiger partial charge in [-0.05, 0) is 79.0 Å². The summed E-state index contributed by atoms with van der Waals surface area (Å²) in [5.41, 5.74) is 4.59. The van der Waals surface area contributed by atoms with Crippen molar-refractivity contribution >= 4 is 23.5 Å². The predicted molar refractivity (Wildman–Crippen MR) is 211 cm³/mol. The molecule has 0 unspecified atom stereocenters. The van der Waals surface area contributed by atoms with Crippen LogP contribution in [-0.4, -0.2) is 50.5 Å². The number of benzene rings is 4. The number of urea groups is 1. The lowest BCUT2D eigenvalue weighted by Gasteiger charge is -2.23. The van der Waals surface area contributed by atoms with Crippen LogP contribution in [0.15, 0.2) is 123 Å². The summed E-state index contributed by atoms with van der Waals surface area (Å²) >= 11 is 0. The quantitative estimate of drug-likeness (QED) is 0.0422. The third-order valence-corrected chi connectivity index (χ3v) is 8.09. The second-order valence-corrected chi connectivity index (χ2v) is 12.5. The number of nitrogens with one attached hydrogen (secondary N) is 2. The summed E-state index contributed by atoms with van der Waals surface area (Å²) in [6.07, 6.45) is 0.0901. The molecule has 0 saturated heterocycles. The monoisotopic (exact) mass is 800 g/mol. The van der Waals surface area contributed by atoms with Crippen molar-refractivity contribution in [1.82, 2.24) is 30.6 Å². The molecule has 304 valence electrons. The van der Waals surface area contributed by atoms with Gasteiger partial charge in [-0.1, -0.05) is 87.4 Å². The number of para-hydroxylation sites is 2. The number of alkyl halides is 4. The van der Waals surface area contributed by atoms with E-state index in [4.69, 9.17) is 8.83 Å². The number of hydrogen-bond acceptors (Lipinski definition) is 10. The highest BCUT2D eigenvalue weighted by molar-refractivity contribution is 5.89. The highest BCUT2D eigenvalue weighted by Gasteiger charge is 2.19. The predicted octanol–water partition coefficient (Wildman–Crippen LogP) is 10.7. The van der Waals surface area contributed by atoms with E-state index >= 15 is 0 Å². The zero-order valence-electron chi connectivity index (χ0n) is 32.0. The number of halogens is 4. The summed E-state index contributed by atoms with van der Waals surface area (Å²) in [5, 5.41) is 20.1. The minimum Gasteiger partial charge on any atom is -0.415 e. The van der Waals surface area contributed by atoms with Crippen molar-refractivity contribution < 1.29 is 36.0 Å². The lowest BCUT2D eigenvalue weighted by molar-refractivity contribution is 0.115. The minimum absolute atomic E-state index is 0.0384. The van der Waals surface area contributed by atoms with Crippen LogP contribution < -0.4 is 10.6 Å². The van der Waals surface area contributed by atoms with Gasteiger partial charge in [0.15, 0.2) is 0 Å². The van der Waals surface area contributed by atoms with Crippen molar-refractivity contribution in [2.75, 3.05) is 18.4 Å². The third-order valence-electron chi connectivity index (χ3n) is 8.09. The summed E-state index contributed by atoms with van der Waals surface area (Å²) in [7, 11) is 0. The number of nitrogens with zero attached hydrogens (tertiary/aromatic N) is 6. The SMILES string of the molecule is CCCCN(Cc1ccc(-c2nnc(C(F)F)o2)cc1)C(=O)Nc1ccccc1.CCCCNCc1ccc(-c2nnc(C(F)F)o2)cc1.O=C=Nc1ccccc1. The van der Waals surface area contributed by atoms with E-state index in [-0.39, 0.29) is 17.8 Å². The summed E-state index contributed by atoms with van der Waals surface area (Å²) in [6.45, 7) is 7.03. The van der Waals surface area contributed by atoms with Crippen molar-refractivity contribution in [3.8, 4) is 22.9 Å². The standard InChI is InChI=1S/C21H22F2N4O2.C14H17F2N3O.C7H5NO/c1-2-3-13-27(21(28)24-17-7-5-4-6-8-17)14-15-9-11-16(12-10-15)19-25-26-20(29-19)18(22)23;1-2-3-8-17-9-10-4-6-11(7-5-10)13-18-19-14(20-13)12(15)16;9-6-8-7-4-2-1-3-5-7/h4-12,18H,2-3,13-14H2,1H3,(H,24,28);4-7,12,17H,2-3,8-9H2,1H3;1-5H. The van der Waals surface area contributed by atoms with E-state index in [0.29, 0.717) is 29.9 Å². The Labute approximate surface area is 333 Å². The molecule has 0 bridgehead atoms. The number of carbonyl (C=O) groups excluding carboxylic acids is 2. The Morgan fingerprint density at radius 3 is 1.71 bits per heavy atom. The Balaban J connectivity index is 0.000000220. The van der Waals surface area contributed by atoms with Gasteiger partial charge in [0.05, 0.1) is 5.69 Å². The van der Waals surface area contributed by atoms with Crippen molar-refractivity contribution in [2.24, 2.45) is 4.99 Å². The third kappa shape index (κ3) is 14.9. The number of amides is 2. The van der Waals surface area contributed by atoms with Crippen LogP contribution in [0.5, 0.6) is 0 Å². The van der Waals surface area contributed by atoms with Crippen LogP contribution in [0.2, 0.25) is 0 Å². The van der Waals surface area contributed by atoms with Crippen LogP contribution in [0.1, 0.15) is 75.3 Å². The fourth-order valence-electron chi connectivity index (χ4n) is 5.03. The van der Waals surface area contributed by atoms with Gasteiger partial charge in [0.1, 0.15) is 0 Å². The molecule has 2 aromatic heterocycles. The Morgan fingerprint density at radius 2 is 1.22 bits per heavy atom. The molecule has 0 fully saturated rings. The number of aromatic nitrogens is 4. The molecule has 2 amide bonds. The van der Waals surface area contributed by atoms with Gasteiger partial charge in [0.25, 0.3) is 11.8 Å². The minimum atomic E-state index is -2.80. The maximum Gasteiger partial charge on any atom is 0.322 e. The number of carbonyl (C=O) groups is 1. The molecule has 0 atom stereocenters. The van der Waals surface area contributed by atoms with E-state index in [1.54, 1.807) is 41.3 Å². The lowest BCUT2D eigenvalue weighted by atomic mass is 10.1. The molecule has 6 rings (SSSR count). The molecule has 4 aromatic carbocycles. The number of unbranched alkanes of at least 4 members (excludes halogenated alkanes) is 2. The Morgan fingerprint density at radius 1 is 0.707 bits per heavy atom. The Hall–Kier alpha value is -6.51. The average molecular weight is 801 g/mol. The van der Waals surface area contributed by atoms with Crippen molar-refractivity contribution in [1.29, 1.82) is 0 Å². The first-order valence-electron chi connectivity index (χ1n) is 18.6. The van der Waals surface area contributed by atoms with Gasteiger partial charge in [-0.25, -0.2) is 9.59 Å². The fraction of sp³-hybridized carbons (Fsp3) is 0.286. The molecule has 0 spiro atoms. The fourth-order valence-corrected chi connectivity index (χ4v) is 5.03. The Bertz CT molecular complexity index is 2110. The first-order chi connectivity index (χ1) is 28.2. The summed E-state index contributed by atoms with van der Waals surface area (Å²) < 4.78 is 59.8. The summed E-state index contributed by atoms with van der Waals surface area (Å²) in [5.74, 6) is -1.19. The van der Waals surface area contributed by atoms with Crippen LogP contribution >= 0.6 is 0 Å². The van der Waals surface area contributed by atoms with Crippen molar-refractivity contribution in [3.05, 3.63) is 132 Å². The van der Waals surface area contributed by atoms with E-state index in [2.05, 4.69) is 49.9 Å². The van der Waals surface area contributed by atoms with E-state index < -0.39 is 24.6 Å². The molecule has 0 aliphatic rings. The van der Waals surface area contributed by atoms with Crippen LogP contribution in [0.25, 0.3) is 22.9 Å². The van der Waals surface area contributed by atoms with E-state index in [0.717, 1.165) is 55.6 Å². The van der Waals surface area contributed by atoms with Gasteiger partial charge in [0, 0.05) is 36.4 Å². The first-order valence-corrected chi connectivity index (χ1v) is 18.6. The average Bonchev–Trinajstić information content (AvgIpc) is 3.95. The molecule has 2 N–H and O–H groups in total. The normalized spacial score (nSPS) is 10.6. The molecule has 6 aromatic rings. The molecule has 2 heterocycles. The number of anilines is 1. The molecule has 0 saturated carbocycles.